The van der Waals surface area contributed by atoms with Gasteiger partial charge in [0.15, 0.2) is 0 Å². The molecule has 82 valence electrons. The third-order valence-electron chi connectivity index (χ3n) is 2.17. The van der Waals surface area contributed by atoms with Crippen molar-refractivity contribution in [3.05, 3.63) is 21.9 Å². The Bertz CT molecular complexity index is 376. The van der Waals surface area contributed by atoms with Gasteiger partial charge >= 0.3 is 0 Å². The maximum absolute atomic E-state index is 10.4. The molecule has 2 rings (SSSR count). The summed E-state index contributed by atoms with van der Waals surface area (Å²) in [7, 11) is 1.59. The molecule has 0 aliphatic carbocycles. The molecule has 0 spiro atoms. The normalized spacial score (nSPS) is 18.6. The molecule has 1 aromatic rings. The van der Waals surface area contributed by atoms with Gasteiger partial charge in [0.25, 0.3) is 0 Å². The molecule has 0 fully saturated rings. The minimum atomic E-state index is -0.398. The predicted octanol–water partition coefficient (Wildman–Crippen LogP) is 0.0672. The van der Waals surface area contributed by atoms with Crippen molar-refractivity contribution in [2.75, 3.05) is 13.7 Å². The van der Waals surface area contributed by atoms with Gasteiger partial charge in [0.1, 0.15) is 11.7 Å². The lowest BCUT2D eigenvalue weighted by atomic mass is 10.3. The summed E-state index contributed by atoms with van der Waals surface area (Å²) >= 11 is 0. The monoisotopic (exact) mass is 213 g/mol. The molecule has 2 heterocycles. The number of fused-ring (bicyclic) bond motifs is 1. The molecule has 0 unspecified atom stereocenters. The van der Waals surface area contributed by atoms with Crippen LogP contribution in [0.25, 0.3) is 0 Å². The molecule has 0 radical (unpaired) electrons. The van der Waals surface area contributed by atoms with E-state index in [0.717, 1.165) is 0 Å². The Balaban J connectivity index is 2.10. The highest BCUT2D eigenvalue weighted by atomic mass is 16.6. The maximum Gasteiger partial charge on any atom is 0.235 e. The Kier molecular flexibility index (Phi) is 2.55. The first kappa shape index (κ1) is 9.91. The number of hydrogen-bond donors (Lipinski definition) is 0. The van der Waals surface area contributed by atoms with E-state index >= 15 is 0 Å². The number of methoxy groups -OCH3 is 1. The first-order chi connectivity index (χ1) is 7.20. The van der Waals surface area contributed by atoms with Crippen molar-refractivity contribution in [2.24, 2.45) is 0 Å². The van der Waals surface area contributed by atoms with Crippen molar-refractivity contribution in [3.63, 3.8) is 0 Å². The predicted molar refractivity (Wildman–Crippen MR) is 49.2 cm³/mol. The molecule has 7 nitrogen and oxygen atoms in total. The van der Waals surface area contributed by atoms with Crippen LogP contribution in [-0.2, 0) is 17.8 Å². The minimum absolute atomic E-state index is 0.0933. The smallest absolute Gasteiger partial charge is 0.235 e. The van der Waals surface area contributed by atoms with Gasteiger partial charge in [-0.05, 0) is 0 Å². The number of hydrogen-bond acceptors (Lipinski definition) is 5. The Morgan fingerprint density at radius 2 is 2.67 bits per heavy atom. The zero-order valence-corrected chi connectivity index (χ0v) is 8.25. The Hall–Kier alpha value is -1.63. The van der Waals surface area contributed by atoms with Crippen LogP contribution in [0.2, 0.25) is 0 Å². The number of nitro groups is 1. The molecule has 1 atom stereocenters. The quantitative estimate of drug-likeness (QED) is 0.522. The van der Waals surface area contributed by atoms with Crippen molar-refractivity contribution in [1.82, 2.24) is 9.78 Å². The fourth-order valence-corrected chi connectivity index (χ4v) is 1.59. The lowest BCUT2D eigenvalue weighted by Gasteiger charge is -2.07. The standard InChI is InChI=1S/C8H11N3O4/c1-14-5-7-4-10-8(15-7)6(2-9-10)3-11(12)13/h2,7H,3-5H2,1H3/t7-/m1/s1. The third kappa shape index (κ3) is 1.91. The van der Waals surface area contributed by atoms with Gasteiger partial charge in [-0.25, -0.2) is 4.68 Å². The zero-order chi connectivity index (χ0) is 10.8. The molecule has 7 heteroatoms. The fourth-order valence-electron chi connectivity index (χ4n) is 1.59. The van der Waals surface area contributed by atoms with Gasteiger partial charge in [0.05, 0.1) is 19.3 Å². The van der Waals surface area contributed by atoms with Crippen LogP contribution in [-0.4, -0.2) is 34.5 Å². The van der Waals surface area contributed by atoms with Crippen LogP contribution in [0.3, 0.4) is 0 Å². The van der Waals surface area contributed by atoms with Gasteiger partial charge in [-0.1, -0.05) is 0 Å². The molecule has 0 amide bonds. The first-order valence-corrected chi connectivity index (χ1v) is 4.52. The fraction of sp³-hybridized carbons (Fsp3) is 0.625. The van der Waals surface area contributed by atoms with Crippen LogP contribution in [0.4, 0.5) is 0 Å². The van der Waals surface area contributed by atoms with Crippen molar-refractivity contribution in [3.8, 4) is 5.88 Å². The summed E-state index contributed by atoms with van der Waals surface area (Å²) in [5.41, 5.74) is 0.513. The van der Waals surface area contributed by atoms with Gasteiger partial charge in [-0.2, -0.15) is 5.10 Å². The van der Waals surface area contributed by atoms with E-state index in [4.69, 9.17) is 9.47 Å². The molecule has 1 aliphatic rings. The van der Waals surface area contributed by atoms with Crippen LogP contribution < -0.4 is 4.74 Å². The van der Waals surface area contributed by atoms with Crippen LogP contribution in [0, 0.1) is 10.1 Å². The number of rotatable bonds is 4. The molecule has 15 heavy (non-hydrogen) atoms. The van der Waals surface area contributed by atoms with Crippen LogP contribution in [0.5, 0.6) is 5.88 Å². The van der Waals surface area contributed by atoms with Crippen LogP contribution in [0.1, 0.15) is 5.56 Å². The van der Waals surface area contributed by atoms with Gasteiger partial charge < -0.3 is 9.47 Å². The maximum atomic E-state index is 10.4. The summed E-state index contributed by atoms with van der Waals surface area (Å²) in [6.07, 6.45) is 1.38. The SMILES string of the molecule is COC[C@H]1Cn2ncc(C[N+](=O)[O-])c2O1. The van der Waals surface area contributed by atoms with Gasteiger partial charge in [-0.15, -0.1) is 0 Å². The second-order valence-corrected chi connectivity index (χ2v) is 3.34. The molecule has 1 aliphatic heterocycles. The minimum Gasteiger partial charge on any atom is -0.470 e. The molecule has 0 saturated heterocycles. The van der Waals surface area contributed by atoms with Crippen LogP contribution in [0.15, 0.2) is 6.20 Å². The Morgan fingerprint density at radius 3 is 3.33 bits per heavy atom. The molecule has 0 bridgehead atoms. The van der Waals surface area contributed by atoms with E-state index in [2.05, 4.69) is 5.10 Å². The Labute approximate surface area is 85.7 Å². The molecule has 0 N–H and O–H groups in total. The lowest BCUT2D eigenvalue weighted by molar-refractivity contribution is -0.496. The third-order valence-corrected chi connectivity index (χ3v) is 2.17. The highest BCUT2D eigenvalue weighted by Crippen LogP contribution is 2.26. The highest BCUT2D eigenvalue weighted by molar-refractivity contribution is 5.25. The molecule has 0 aromatic carbocycles. The largest absolute Gasteiger partial charge is 0.470 e. The summed E-state index contributed by atoms with van der Waals surface area (Å²) in [4.78, 5) is 9.96. The van der Waals surface area contributed by atoms with E-state index in [9.17, 15) is 10.1 Å². The van der Waals surface area contributed by atoms with E-state index in [-0.39, 0.29) is 12.6 Å². The zero-order valence-electron chi connectivity index (χ0n) is 8.25. The summed E-state index contributed by atoms with van der Waals surface area (Å²) < 4.78 is 12.1. The molecular weight excluding hydrogens is 202 g/mol. The van der Waals surface area contributed by atoms with Crippen LogP contribution >= 0.6 is 0 Å². The van der Waals surface area contributed by atoms with Crippen molar-refractivity contribution in [1.29, 1.82) is 0 Å². The Morgan fingerprint density at radius 1 is 1.87 bits per heavy atom. The van der Waals surface area contributed by atoms with Crippen molar-refractivity contribution < 1.29 is 14.4 Å². The number of ether oxygens (including phenoxy) is 2. The second kappa shape index (κ2) is 3.85. The molecule has 1 aromatic heterocycles. The topological polar surface area (TPSA) is 79.4 Å². The first-order valence-electron chi connectivity index (χ1n) is 4.52. The lowest BCUT2D eigenvalue weighted by Crippen LogP contribution is -2.21. The van der Waals surface area contributed by atoms with E-state index in [0.29, 0.717) is 24.6 Å². The van der Waals surface area contributed by atoms with Crippen molar-refractivity contribution in [2.45, 2.75) is 19.2 Å². The van der Waals surface area contributed by atoms with Crippen molar-refractivity contribution >= 4 is 0 Å². The van der Waals surface area contributed by atoms with E-state index < -0.39 is 4.92 Å². The second-order valence-electron chi connectivity index (χ2n) is 3.34. The van der Waals surface area contributed by atoms with Gasteiger partial charge in [0, 0.05) is 12.0 Å². The van der Waals surface area contributed by atoms with E-state index in [1.807, 2.05) is 0 Å². The van der Waals surface area contributed by atoms with E-state index in [1.165, 1.54) is 6.20 Å². The number of aromatic nitrogens is 2. The molecule has 0 saturated carbocycles. The average Bonchev–Trinajstić information content (AvgIpc) is 2.68. The van der Waals surface area contributed by atoms with E-state index in [1.54, 1.807) is 11.8 Å². The summed E-state index contributed by atoms with van der Waals surface area (Å²) in [5.74, 6) is 0.494. The molecular formula is C8H11N3O4. The summed E-state index contributed by atoms with van der Waals surface area (Å²) in [6, 6.07) is 0. The van der Waals surface area contributed by atoms with Gasteiger partial charge in [-0.3, -0.25) is 10.1 Å². The summed E-state index contributed by atoms with van der Waals surface area (Å²) in [6.45, 7) is 0.789. The number of nitrogens with zero attached hydrogens (tertiary/aromatic N) is 3. The summed E-state index contributed by atoms with van der Waals surface area (Å²) in [5, 5.41) is 14.4. The van der Waals surface area contributed by atoms with Gasteiger partial charge in [0.2, 0.25) is 12.4 Å². The highest BCUT2D eigenvalue weighted by Gasteiger charge is 2.28. The average molecular weight is 213 g/mol.